The van der Waals surface area contributed by atoms with Gasteiger partial charge in [-0.25, -0.2) is 0 Å². The Morgan fingerprint density at radius 1 is 1.55 bits per heavy atom. The summed E-state index contributed by atoms with van der Waals surface area (Å²) in [6.45, 7) is 5.56. The molecular formula is C9H20N2. The Balaban J connectivity index is 2.36. The summed E-state index contributed by atoms with van der Waals surface area (Å²) in [5.74, 6) is 1.50. The number of nitrogens with zero attached hydrogens (tertiary/aromatic N) is 1. The average Bonchev–Trinajstić information content (AvgIpc) is 2.39. The van der Waals surface area contributed by atoms with Crippen molar-refractivity contribution in [3.05, 3.63) is 0 Å². The van der Waals surface area contributed by atoms with E-state index in [1.54, 1.807) is 0 Å². The van der Waals surface area contributed by atoms with Crippen LogP contribution in [0.3, 0.4) is 0 Å². The average molecular weight is 156 g/mol. The van der Waals surface area contributed by atoms with Crippen molar-refractivity contribution in [3.63, 3.8) is 0 Å². The van der Waals surface area contributed by atoms with Gasteiger partial charge in [0, 0.05) is 12.1 Å². The number of likely N-dealkylation sites (N-methyl/N-ethyl adjacent to an activating group) is 1. The van der Waals surface area contributed by atoms with Crippen LogP contribution in [0.5, 0.6) is 0 Å². The van der Waals surface area contributed by atoms with Crippen molar-refractivity contribution in [2.75, 3.05) is 20.6 Å². The van der Waals surface area contributed by atoms with Gasteiger partial charge in [0.2, 0.25) is 0 Å². The van der Waals surface area contributed by atoms with Gasteiger partial charge < -0.3 is 10.6 Å². The molecule has 0 heterocycles. The third kappa shape index (κ3) is 1.94. The van der Waals surface area contributed by atoms with Crippen LogP contribution in [0.1, 0.15) is 20.3 Å². The molecule has 2 N–H and O–H groups in total. The maximum atomic E-state index is 6.15. The van der Waals surface area contributed by atoms with Crippen molar-refractivity contribution < 1.29 is 0 Å². The zero-order chi connectivity index (χ0) is 8.65. The standard InChI is InChI=1S/C9H20N2/c1-7(2)8-5-9(8,10)6-11(3)4/h7-8H,5-6,10H2,1-4H3. The second-order valence-corrected chi connectivity index (χ2v) is 4.53. The minimum Gasteiger partial charge on any atom is -0.324 e. The van der Waals surface area contributed by atoms with Gasteiger partial charge >= 0.3 is 0 Å². The second-order valence-electron chi connectivity index (χ2n) is 4.53. The summed E-state index contributed by atoms with van der Waals surface area (Å²) in [5, 5.41) is 0. The van der Waals surface area contributed by atoms with Gasteiger partial charge in [-0.1, -0.05) is 13.8 Å². The predicted molar refractivity (Wildman–Crippen MR) is 48.4 cm³/mol. The fourth-order valence-corrected chi connectivity index (χ4v) is 2.02. The molecule has 1 fully saturated rings. The van der Waals surface area contributed by atoms with E-state index < -0.39 is 0 Å². The molecule has 2 heteroatoms. The Morgan fingerprint density at radius 3 is 2.36 bits per heavy atom. The quantitative estimate of drug-likeness (QED) is 0.658. The van der Waals surface area contributed by atoms with E-state index >= 15 is 0 Å². The molecule has 0 saturated heterocycles. The minimum absolute atomic E-state index is 0.137. The molecule has 2 atom stereocenters. The van der Waals surface area contributed by atoms with Crippen molar-refractivity contribution >= 4 is 0 Å². The predicted octanol–water partition coefficient (Wildman–Crippen LogP) is 0.921. The largest absolute Gasteiger partial charge is 0.324 e. The summed E-state index contributed by atoms with van der Waals surface area (Å²) in [7, 11) is 4.18. The molecule has 1 saturated carbocycles. The van der Waals surface area contributed by atoms with Crippen LogP contribution in [-0.4, -0.2) is 31.1 Å². The van der Waals surface area contributed by atoms with E-state index in [1.165, 1.54) is 6.42 Å². The molecule has 0 aromatic rings. The van der Waals surface area contributed by atoms with Crippen molar-refractivity contribution in [2.24, 2.45) is 17.6 Å². The van der Waals surface area contributed by atoms with Crippen molar-refractivity contribution in [3.8, 4) is 0 Å². The smallest absolute Gasteiger partial charge is 0.0318 e. The third-order valence-corrected chi connectivity index (χ3v) is 2.59. The number of rotatable bonds is 3. The summed E-state index contributed by atoms with van der Waals surface area (Å²) in [4.78, 5) is 2.18. The Morgan fingerprint density at radius 2 is 2.09 bits per heavy atom. The first-order valence-corrected chi connectivity index (χ1v) is 4.39. The molecule has 0 aliphatic heterocycles. The normalized spacial score (nSPS) is 36.8. The van der Waals surface area contributed by atoms with Crippen LogP contribution < -0.4 is 5.73 Å². The van der Waals surface area contributed by atoms with Crippen LogP contribution in [0.25, 0.3) is 0 Å². The van der Waals surface area contributed by atoms with Gasteiger partial charge in [-0.3, -0.25) is 0 Å². The molecule has 0 radical (unpaired) electrons. The molecule has 2 nitrogen and oxygen atoms in total. The monoisotopic (exact) mass is 156 g/mol. The molecule has 0 amide bonds. The van der Waals surface area contributed by atoms with Gasteiger partial charge in [-0.15, -0.1) is 0 Å². The Labute approximate surface area is 69.8 Å². The van der Waals surface area contributed by atoms with E-state index in [0.717, 1.165) is 18.4 Å². The number of nitrogens with two attached hydrogens (primary N) is 1. The zero-order valence-electron chi connectivity index (χ0n) is 8.09. The fourth-order valence-electron chi connectivity index (χ4n) is 2.02. The molecule has 0 spiro atoms. The van der Waals surface area contributed by atoms with E-state index in [1.807, 2.05) is 0 Å². The lowest BCUT2D eigenvalue weighted by Gasteiger charge is -2.18. The Bertz CT molecular complexity index is 142. The van der Waals surface area contributed by atoms with Crippen LogP contribution in [0.4, 0.5) is 0 Å². The highest BCUT2D eigenvalue weighted by atomic mass is 15.1. The van der Waals surface area contributed by atoms with Crippen LogP contribution in [0, 0.1) is 11.8 Å². The van der Waals surface area contributed by atoms with Gasteiger partial charge in [0.1, 0.15) is 0 Å². The molecule has 1 aliphatic rings. The molecular weight excluding hydrogens is 136 g/mol. The first kappa shape index (κ1) is 9.01. The first-order valence-electron chi connectivity index (χ1n) is 4.39. The Kier molecular flexibility index (Phi) is 2.26. The van der Waals surface area contributed by atoms with Crippen LogP contribution in [-0.2, 0) is 0 Å². The second kappa shape index (κ2) is 2.76. The van der Waals surface area contributed by atoms with Gasteiger partial charge in [0.25, 0.3) is 0 Å². The number of hydrogen-bond donors (Lipinski definition) is 1. The highest BCUT2D eigenvalue weighted by Crippen LogP contribution is 2.46. The van der Waals surface area contributed by atoms with E-state index in [4.69, 9.17) is 5.73 Å². The SMILES string of the molecule is CC(C)C1CC1(N)CN(C)C. The molecule has 0 aromatic heterocycles. The summed E-state index contributed by atoms with van der Waals surface area (Å²) in [5.41, 5.74) is 6.29. The van der Waals surface area contributed by atoms with E-state index in [0.29, 0.717) is 0 Å². The maximum Gasteiger partial charge on any atom is 0.0318 e. The van der Waals surface area contributed by atoms with Crippen LogP contribution in [0.2, 0.25) is 0 Å². The Hall–Kier alpha value is -0.0800. The molecule has 2 unspecified atom stereocenters. The summed E-state index contributed by atoms with van der Waals surface area (Å²) >= 11 is 0. The van der Waals surface area contributed by atoms with E-state index in [9.17, 15) is 0 Å². The number of hydrogen-bond acceptors (Lipinski definition) is 2. The van der Waals surface area contributed by atoms with E-state index in [2.05, 4.69) is 32.8 Å². The lowest BCUT2D eigenvalue weighted by atomic mass is 10.0. The highest BCUT2D eigenvalue weighted by molar-refractivity contribution is 5.10. The van der Waals surface area contributed by atoms with Gasteiger partial charge in [0.05, 0.1) is 0 Å². The minimum atomic E-state index is 0.137. The van der Waals surface area contributed by atoms with Gasteiger partial charge in [-0.2, -0.15) is 0 Å². The topological polar surface area (TPSA) is 29.3 Å². The zero-order valence-corrected chi connectivity index (χ0v) is 8.09. The molecule has 1 rings (SSSR count). The molecule has 1 aliphatic carbocycles. The maximum absolute atomic E-state index is 6.15. The van der Waals surface area contributed by atoms with Gasteiger partial charge in [-0.05, 0) is 32.4 Å². The fraction of sp³-hybridized carbons (Fsp3) is 1.00. The molecule has 0 aromatic carbocycles. The lowest BCUT2D eigenvalue weighted by Crippen LogP contribution is -2.38. The molecule has 0 bridgehead atoms. The van der Waals surface area contributed by atoms with Crippen molar-refractivity contribution in [2.45, 2.75) is 25.8 Å². The lowest BCUT2D eigenvalue weighted by molar-refractivity contribution is 0.334. The summed E-state index contributed by atoms with van der Waals surface area (Å²) < 4.78 is 0. The van der Waals surface area contributed by atoms with Gasteiger partial charge in [0.15, 0.2) is 0 Å². The molecule has 11 heavy (non-hydrogen) atoms. The highest BCUT2D eigenvalue weighted by Gasteiger charge is 2.52. The van der Waals surface area contributed by atoms with Crippen molar-refractivity contribution in [1.29, 1.82) is 0 Å². The summed E-state index contributed by atoms with van der Waals surface area (Å²) in [6.07, 6.45) is 1.21. The van der Waals surface area contributed by atoms with Crippen LogP contribution in [0.15, 0.2) is 0 Å². The van der Waals surface area contributed by atoms with E-state index in [-0.39, 0.29) is 5.54 Å². The first-order chi connectivity index (χ1) is 4.96. The molecule has 66 valence electrons. The van der Waals surface area contributed by atoms with Crippen LogP contribution >= 0.6 is 0 Å². The third-order valence-electron chi connectivity index (χ3n) is 2.59. The van der Waals surface area contributed by atoms with Crippen molar-refractivity contribution in [1.82, 2.24) is 4.90 Å². The summed E-state index contributed by atoms with van der Waals surface area (Å²) in [6, 6.07) is 0.